The molecule has 2 unspecified atom stereocenters. The number of carbonyl (C=O) groups excluding carboxylic acids is 1. The van der Waals surface area contributed by atoms with Gasteiger partial charge in [-0.15, -0.1) is 12.4 Å². The second kappa shape index (κ2) is 5.35. The number of rotatable bonds is 2. The summed E-state index contributed by atoms with van der Waals surface area (Å²) in [5.74, 6) is -0.350. The van der Waals surface area contributed by atoms with Crippen molar-refractivity contribution in [2.75, 3.05) is 13.2 Å². The normalized spacial score (nSPS) is 27.8. The average molecular weight is 196 g/mol. The summed E-state index contributed by atoms with van der Waals surface area (Å²) in [6, 6.07) is -0.505. The summed E-state index contributed by atoms with van der Waals surface area (Å²) in [6.45, 7) is 2.80. The highest BCUT2D eigenvalue weighted by Crippen LogP contribution is 2.07. The van der Waals surface area contributed by atoms with Crippen molar-refractivity contribution in [3.05, 3.63) is 0 Å². The Morgan fingerprint density at radius 2 is 2.42 bits per heavy atom. The van der Waals surface area contributed by atoms with E-state index < -0.39 is 12.1 Å². The van der Waals surface area contributed by atoms with Gasteiger partial charge in [0.05, 0.1) is 12.7 Å². The van der Waals surface area contributed by atoms with Crippen LogP contribution in [0, 0.1) is 0 Å². The molecule has 0 bridgehead atoms. The summed E-state index contributed by atoms with van der Waals surface area (Å²) in [4.78, 5) is 11.0. The van der Waals surface area contributed by atoms with Crippen LogP contribution in [0.5, 0.6) is 0 Å². The van der Waals surface area contributed by atoms with E-state index in [2.05, 4.69) is 5.32 Å². The SMILES string of the molecule is CCOC(=O)C1NCCC1O.Cl. The summed E-state index contributed by atoms with van der Waals surface area (Å²) < 4.78 is 4.73. The van der Waals surface area contributed by atoms with Crippen LogP contribution in [0.15, 0.2) is 0 Å². The molecule has 1 aliphatic rings. The number of halogens is 1. The average Bonchev–Trinajstić information content (AvgIpc) is 2.36. The highest BCUT2D eigenvalue weighted by atomic mass is 35.5. The van der Waals surface area contributed by atoms with Gasteiger partial charge in [-0.05, 0) is 19.9 Å². The first-order valence-corrected chi connectivity index (χ1v) is 3.83. The lowest BCUT2D eigenvalue weighted by atomic mass is 10.2. The minimum atomic E-state index is -0.575. The molecular weight excluding hydrogens is 182 g/mol. The molecule has 1 saturated heterocycles. The summed E-state index contributed by atoms with van der Waals surface area (Å²) in [5.41, 5.74) is 0. The number of aliphatic hydroxyl groups excluding tert-OH is 1. The Morgan fingerprint density at radius 3 is 2.83 bits per heavy atom. The minimum Gasteiger partial charge on any atom is -0.465 e. The Bertz CT molecular complexity index is 154. The molecule has 0 amide bonds. The van der Waals surface area contributed by atoms with E-state index in [0.717, 1.165) is 0 Å². The quantitative estimate of drug-likeness (QED) is 0.594. The van der Waals surface area contributed by atoms with Gasteiger partial charge in [-0.25, -0.2) is 0 Å². The molecule has 0 aromatic rings. The van der Waals surface area contributed by atoms with E-state index in [1.807, 2.05) is 0 Å². The van der Waals surface area contributed by atoms with E-state index in [0.29, 0.717) is 19.6 Å². The first kappa shape index (κ1) is 11.7. The monoisotopic (exact) mass is 195 g/mol. The summed E-state index contributed by atoms with van der Waals surface area (Å²) in [6.07, 6.45) is 0.0535. The van der Waals surface area contributed by atoms with E-state index in [4.69, 9.17) is 4.74 Å². The maximum atomic E-state index is 11.0. The number of hydrogen-bond donors (Lipinski definition) is 2. The summed E-state index contributed by atoms with van der Waals surface area (Å²) >= 11 is 0. The van der Waals surface area contributed by atoms with Crippen LogP contribution in [0.4, 0.5) is 0 Å². The molecule has 1 aliphatic heterocycles. The first-order chi connectivity index (χ1) is 5.25. The number of ether oxygens (including phenoxy) is 1. The molecule has 72 valence electrons. The van der Waals surface area contributed by atoms with Gasteiger partial charge in [0.2, 0.25) is 0 Å². The van der Waals surface area contributed by atoms with Gasteiger partial charge in [0.1, 0.15) is 6.04 Å². The van der Waals surface area contributed by atoms with Gasteiger partial charge < -0.3 is 15.2 Å². The van der Waals surface area contributed by atoms with Crippen molar-refractivity contribution in [3.63, 3.8) is 0 Å². The van der Waals surface area contributed by atoms with Gasteiger partial charge in [-0.1, -0.05) is 0 Å². The van der Waals surface area contributed by atoms with Crippen molar-refractivity contribution < 1.29 is 14.6 Å². The first-order valence-electron chi connectivity index (χ1n) is 3.83. The highest BCUT2D eigenvalue weighted by molar-refractivity contribution is 5.85. The molecule has 4 nitrogen and oxygen atoms in total. The van der Waals surface area contributed by atoms with Crippen molar-refractivity contribution in [1.29, 1.82) is 0 Å². The summed E-state index contributed by atoms with van der Waals surface area (Å²) in [5, 5.41) is 12.1. The molecule has 2 atom stereocenters. The largest absolute Gasteiger partial charge is 0.465 e. The van der Waals surface area contributed by atoms with Gasteiger partial charge in [0, 0.05) is 0 Å². The van der Waals surface area contributed by atoms with Gasteiger partial charge in [0.25, 0.3) is 0 Å². The van der Waals surface area contributed by atoms with Gasteiger partial charge in [-0.2, -0.15) is 0 Å². The Kier molecular flexibility index (Phi) is 5.20. The third-order valence-electron chi connectivity index (χ3n) is 1.73. The zero-order valence-corrected chi connectivity index (χ0v) is 7.76. The second-order valence-corrected chi connectivity index (χ2v) is 2.54. The van der Waals surface area contributed by atoms with E-state index >= 15 is 0 Å². The number of aliphatic hydroxyl groups is 1. The molecule has 0 saturated carbocycles. The molecule has 1 rings (SSSR count). The Balaban J connectivity index is 0.00000121. The molecule has 12 heavy (non-hydrogen) atoms. The van der Waals surface area contributed by atoms with E-state index in [1.54, 1.807) is 6.92 Å². The van der Waals surface area contributed by atoms with Gasteiger partial charge >= 0.3 is 5.97 Å². The number of hydrogen-bond acceptors (Lipinski definition) is 4. The summed E-state index contributed by atoms with van der Waals surface area (Å²) in [7, 11) is 0. The molecule has 0 aromatic carbocycles. The molecular formula is C7H14ClNO3. The molecule has 2 N–H and O–H groups in total. The van der Waals surface area contributed by atoms with Crippen molar-refractivity contribution in [3.8, 4) is 0 Å². The maximum absolute atomic E-state index is 11.0. The zero-order valence-electron chi connectivity index (χ0n) is 6.95. The lowest BCUT2D eigenvalue weighted by Gasteiger charge is -2.12. The predicted octanol–water partition coefficient (Wildman–Crippen LogP) is -0.306. The van der Waals surface area contributed by atoms with Crippen LogP contribution in [-0.2, 0) is 9.53 Å². The molecule has 0 radical (unpaired) electrons. The fourth-order valence-corrected chi connectivity index (χ4v) is 1.16. The molecule has 0 spiro atoms. The fraction of sp³-hybridized carbons (Fsp3) is 0.857. The number of carbonyl (C=O) groups is 1. The van der Waals surface area contributed by atoms with Crippen molar-refractivity contribution in [2.45, 2.75) is 25.5 Å². The van der Waals surface area contributed by atoms with Crippen molar-refractivity contribution in [1.82, 2.24) is 5.32 Å². The smallest absolute Gasteiger partial charge is 0.325 e. The highest BCUT2D eigenvalue weighted by Gasteiger charge is 2.31. The van der Waals surface area contributed by atoms with Crippen LogP contribution in [0.1, 0.15) is 13.3 Å². The fourth-order valence-electron chi connectivity index (χ4n) is 1.16. The van der Waals surface area contributed by atoms with Crippen LogP contribution >= 0.6 is 12.4 Å². The lowest BCUT2D eigenvalue weighted by molar-refractivity contribution is -0.147. The maximum Gasteiger partial charge on any atom is 0.325 e. The molecule has 0 aliphatic carbocycles. The number of nitrogens with one attached hydrogen (secondary N) is 1. The second-order valence-electron chi connectivity index (χ2n) is 2.54. The van der Waals surface area contributed by atoms with Crippen LogP contribution in [0.2, 0.25) is 0 Å². The van der Waals surface area contributed by atoms with E-state index in [-0.39, 0.29) is 18.4 Å². The third kappa shape index (κ3) is 2.62. The number of esters is 1. The molecule has 5 heteroatoms. The van der Waals surface area contributed by atoms with E-state index in [1.165, 1.54) is 0 Å². The van der Waals surface area contributed by atoms with Crippen LogP contribution in [-0.4, -0.2) is 36.4 Å². The Labute approximate surface area is 77.7 Å². The van der Waals surface area contributed by atoms with Crippen LogP contribution in [0.3, 0.4) is 0 Å². The zero-order chi connectivity index (χ0) is 8.27. The molecule has 1 heterocycles. The Morgan fingerprint density at radius 1 is 1.75 bits per heavy atom. The topological polar surface area (TPSA) is 58.6 Å². The van der Waals surface area contributed by atoms with Crippen molar-refractivity contribution >= 4 is 18.4 Å². The van der Waals surface area contributed by atoms with E-state index in [9.17, 15) is 9.90 Å². The van der Waals surface area contributed by atoms with Crippen LogP contribution < -0.4 is 5.32 Å². The third-order valence-corrected chi connectivity index (χ3v) is 1.73. The standard InChI is InChI=1S/C7H13NO3.ClH/c1-2-11-7(10)6-5(9)3-4-8-6;/h5-6,8-9H,2-4H2,1H3;1H. The van der Waals surface area contributed by atoms with Gasteiger partial charge in [-0.3, -0.25) is 4.79 Å². The molecule has 0 aromatic heterocycles. The molecule has 1 fully saturated rings. The van der Waals surface area contributed by atoms with Gasteiger partial charge in [0.15, 0.2) is 0 Å². The van der Waals surface area contributed by atoms with Crippen LogP contribution in [0.25, 0.3) is 0 Å². The predicted molar refractivity (Wildman–Crippen MR) is 46.3 cm³/mol. The Hall–Kier alpha value is -0.320. The minimum absolute atomic E-state index is 0. The lowest BCUT2D eigenvalue weighted by Crippen LogP contribution is -2.39. The van der Waals surface area contributed by atoms with Crippen molar-refractivity contribution in [2.24, 2.45) is 0 Å².